The van der Waals surface area contributed by atoms with Crippen molar-refractivity contribution in [2.45, 2.75) is 52.0 Å². The molecule has 1 saturated heterocycles. The summed E-state index contributed by atoms with van der Waals surface area (Å²) < 4.78 is 0. The molecule has 5 nitrogen and oxygen atoms in total. The van der Waals surface area contributed by atoms with Gasteiger partial charge in [0, 0.05) is 39.6 Å². The summed E-state index contributed by atoms with van der Waals surface area (Å²) in [6, 6.07) is -0.00477. The minimum atomic E-state index is -0.00477. The van der Waals surface area contributed by atoms with Crippen LogP contribution in [0.25, 0.3) is 0 Å². The number of nitrogens with zero attached hydrogens (tertiary/aromatic N) is 2. The predicted molar refractivity (Wildman–Crippen MR) is 87.4 cm³/mol. The quantitative estimate of drug-likeness (QED) is 0.837. The highest BCUT2D eigenvalue weighted by Crippen LogP contribution is 2.31. The molecule has 5 heteroatoms. The molecular formula is C17H31N3O2. The fourth-order valence-electron chi connectivity index (χ4n) is 3.83. The molecule has 0 radical (unpaired) electrons. The maximum atomic E-state index is 12.3. The molecule has 1 N–H and O–H groups in total. The van der Waals surface area contributed by atoms with Crippen molar-refractivity contribution in [2.75, 3.05) is 33.2 Å². The molecule has 1 saturated carbocycles. The largest absolute Gasteiger partial charge is 0.358 e. The van der Waals surface area contributed by atoms with Crippen molar-refractivity contribution in [3.05, 3.63) is 0 Å². The third-order valence-electron chi connectivity index (χ3n) is 5.00. The number of hydrogen-bond acceptors (Lipinski definition) is 3. The van der Waals surface area contributed by atoms with Crippen LogP contribution in [0.1, 0.15) is 46.0 Å². The van der Waals surface area contributed by atoms with Crippen LogP contribution in [-0.4, -0.2) is 60.9 Å². The second kappa shape index (κ2) is 7.95. The first-order chi connectivity index (χ1) is 10.5. The number of nitrogens with one attached hydrogen (secondary N) is 1. The molecule has 1 unspecified atom stereocenters. The van der Waals surface area contributed by atoms with Gasteiger partial charge in [-0.1, -0.05) is 26.7 Å². The number of rotatable bonds is 5. The Morgan fingerprint density at radius 3 is 2.18 bits per heavy atom. The van der Waals surface area contributed by atoms with E-state index in [0.717, 1.165) is 39.0 Å². The Balaban J connectivity index is 1.92. The summed E-state index contributed by atoms with van der Waals surface area (Å²) in [6.07, 6.45) is 5.42. The molecule has 0 bridgehead atoms. The molecule has 1 aliphatic carbocycles. The van der Waals surface area contributed by atoms with E-state index in [0.29, 0.717) is 18.3 Å². The average Bonchev–Trinajstić information content (AvgIpc) is 3.01. The number of piperazine rings is 1. The topological polar surface area (TPSA) is 52.7 Å². The van der Waals surface area contributed by atoms with Gasteiger partial charge < -0.3 is 10.2 Å². The number of carbonyl (C=O) groups is 2. The average molecular weight is 309 g/mol. The molecule has 126 valence electrons. The van der Waals surface area contributed by atoms with Gasteiger partial charge in [-0.25, -0.2) is 0 Å². The van der Waals surface area contributed by atoms with E-state index >= 15 is 0 Å². The van der Waals surface area contributed by atoms with Gasteiger partial charge in [-0.05, 0) is 24.7 Å². The van der Waals surface area contributed by atoms with E-state index in [-0.39, 0.29) is 17.9 Å². The summed E-state index contributed by atoms with van der Waals surface area (Å²) in [5, 5.41) is 2.84. The molecule has 2 rings (SSSR count). The van der Waals surface area contributed by atoms with Crippen molar-refractivity contribution in [3.8, 4) is 0 Å². The highest BCUT2D eigenvalue weighted by Gasteiger charge is 2.36. The Kier molecular flexibility index (Phi) is 6.24. The van der Waals surface area contributed by atoms with E-state index in [1.807, 2.05) is 4.90 Å². The second-order valence-electron chi connectivity index (χ2n) is 7.12. The molecule has 1 heterocycles. The zero-order chi connectivity index (χ0) is 16.1. The maximum absolute atomic E-state index is 12.3. The van der Waals surface area contributed by atoms with Crippen LogP contribution in [0.5, 0.6) is 0 Å². The maximum Gasteiger partial charge on any atom is 0.237 e. The molecule has 2 amide bonds. The monoisotopic (exact) mass is 309 g/mol. The summed E-state index contributed by atoms with van der Waals surface area (Å²) >= 11 is 0. The lowest BCUT2D eigenvalue weighted by molar-refractivity contribution is -0.135. The molecular weight excluding hydrogens is 278 g/mol. The molecule has 1 atom stereocenters. The lowest BCUT2D eigenvalue weighted by atomic mass is 9.95. The standard InChI is InChI=1S/C17H31N3O2/c1-13(2)12-15(21)19-8-10-20(11-9-19)16(17(22)18-3)14-6-4-5-7-14/h13-14,16H,4-12H2,1-3H3,(H,18,22). The minimum absolute atomic E-state index is 0.00477. The summed E-state index contributed by atoms with van der Waals surface area (Å²) in [5.41, 5.74) is 0. The highest BCUT2D eigenvalue weighted by atomic mass is 16.2. The van der Waals surface area contributed by atoms with Gasteiger partial charge in [-0.2, -0.15) is 0 Å². The minimum Gasteiger partial charge on any atom is -0.358 e. The molecule has 1 aliphatic heterocycles. The van der Waals surface area contributed by atoms with Crippen molar-refractivity contribution in [1.82, 2.24) is 15.1 Å². The number of amides is 2. The Morgan fingerprint density at radius 2 is 1.68 bits per heavy atom. The van der Waals surface area contributed by atoms with Gasteiger partial charge >= 0.3 is 0 Å². The predicted octanol–water partition coefficient (Wildman–Crippen LogP) is 1.48. The summed E-state index contributed by atoms with van der Waals surface area (Å²) in [6.45, 7) is 7.31. The molecule has 0 aromatic heterocycles. The van der Waals surface area contributed by atoms with Crippen molar-refractivity contribution < 1.29 is 9.59 Å². The SMILES string of the molecule is CNC(=O)C(C1CCCC1)N1CCN(C(=O)CC(C)C)CC1. The Bertz CT molecular complexity index is 383. The Hall–Kier alpha value is -1.10. The lowest BCUT2D eigenvalue weighted by Gasteiger charge is -2.40. The van der Waals surface area contributed by atoms with Crippen molar-refractivity contribution >= 4 is 11.8 Å². The van der Waals surface area contributed by atoms with Crippen molar-refractivity contribution in [2.24, 2.45) is 11.8 Å². The molecule has 2 fully saturated rings. The highest BCUT2D eigenvalue weighted by molar-refractivity contribution is 5.82. The van der Waals surface area contributed by atoms with E-state index in [9.17, 15) is 9.59 Å². The molecule has 2 aliphatic rings. The van der Waals surface area contributed by atoms with Crippen LogP contribution in [0, 0.1) is 11.8 Å². The van der Waals surface area contributed by atoms with Gasteiger partial charge in [0.25, 0.3) is 0 Å². The summed E-state index contributed by atoms with van der Waals surface area (Å²) in [4.78, 5) is 28.7. The third-order valence-corrected chi connectivity index (χ3v) is 5.00. The number of carbonyl (C=O) groups excluding carboxylic acids is 2. The van der Waals surface area contributed by atoms with Gasteiger partial charge in [-0.3, -0.25) is 14.5 Å². The fourth-order valence-corrected chi connectivity index (χ4v) is 3.83. The lowest BCUT2D eigenvalue weighted by Crippen LogP contribution is -2.57. The van der Waals surface area contributed by atoms with E-state index in [1.54, 1.807) is 7.05 Å². The first kappa shape index (κ1) is 17.3. The fraction of sp³-hybridized carbons (Fsp3) is 0.882. The zero-order valence-electron chi connectivity index (χ0n) is 14.3. The molecule has 0 aromatic rings. The van der Waals surface area contributed by atoms with E-state index in [1.165, 1.54) is 12.8 Å². The van der Waals surface area contributed by atoms with Crippen LogP contribution >= 0.6 is 0 Å². The molecule has 22 heavy (non-hydrogen) atoms. The van der Waals surface area contributed by atoms with E-state index < -0.39 is 0 Å². The molecule has 0 spiro atoms. The Labute approximate surface area is 134 Å². The zero-order valence-corrected chi connectivity index (χ0v) is 14.3. The Morgan fingerprint density at radius 1 is 1.09 bits per heavy atom. The van der Waals surface area contributed by atoms with E-state index in [2.05, 4.69) is 24.1 Å². The molecule has 0 aromatic carbocycles. The van der Waals surface area contributed by atoms with Crippen LogP contribution in [0.2, 0.25) is 0 Å². The third kappa shape index (κ3) is 4.22. The summed E-state index contributed by atoms with van der Waals surface area (Å²) in [5.74, 6) is 1.29. The van der Waals surface area contributed by atoms with Gasteiger partial charge in [0.15, 0.2) is 0 Å². The summed E-state index contributed by atoms with van der Waals surface area (Å²) in [7, 11) is 1.73. The van der Waals surface area contributed by atoms with Gasteiger partial charge in [0.05, 0.1) is 6.04 Å². The van der Waals surface area contributed by atoms with E-state index in [4.69, 9.17) is 0 Å². The number of hydrogen-bond donors (Lipinski definition) is 1. The normalized spacial score (nSPS) is 22.1. The second-order valence-corrected chi connectivity index (χ2v) is 7.12. The number of likely N-dealkylation sites (N-methyl/N-ethyl adjacent to an activating group) is 1. The van der Waals surface area contributed by atoms with Gasteiger partial charge in [0.1, 0.15) is 0 Å². The van der Waals surface area contributed by atoms with Crippen LogP contribution < -0.4 is 5.32 Å². The van der Waals surface area contributed by atoms with Crippen LogP contribution in [0.4, 0.5) is 0 Å². The van der Waals surface area contributed by atoms with Gasteiger partial charge in [-0.15, -0.1) is 0 Å². The van der Waals surface area contributed by atoms with Crippen molar-refractivity contribution in [3.63, 3.8) is 0 Å². The van der Waals surface area contributed by atoms with Crippen LogP contribution in [0.15, 0.2) is 0 Å². The first-order valence-corrected chi connectivity index (χ1v) is 8.76. The first-order valence-electron chi connectivity index (χ1n) is 8.76. The van der Waals surface area contributed by atoms with Gasteiger partial charge in [0.2, 0.25) is 11.8 Å². The van der Waals surface area contributed by atoms with Crippen LogP contribution in [0.3, 0.4) is 0 Å². The van der Waals surface area contributed by atoms with Crippen LogP contribution in [-0.2, 0) is 9.59 Å². The van der Waals surface area contributed by atoms with Crippen molar-refractivity contribution in [1.29, 1.82) is 0 Å². The smallest absolute Gasteiger partial charge is 0.237 e.